The summed E-state index contributed by atoms with van der Waals surface area (Å²) in [4.78, 5) is 27.5. The highest BCUT2D eigenvalue weighted by Gasteiger charge is 2.32. The van der Waals surface area contributed by atoms with Gasteiger partial charge < -0.3 is 9.73 Å². The summed E-state index contributed by atoms with van der Waals surface area (Å²) in [6.07, 6.45) is 1.71. The molecule has 0 atom stereocenters. The van der Waals surface area contributed by atoms with Crippen molar-refractivity contribution in [3.05, 3.63) is 86.5 Å². The van der Waals surface area contributed by atoms with Crippen molar-refractivity contribution in [2.45, 2.75) is 34.2 Å². The van der Waals surface area contributed by atoms with E-state index >= 15 is 0 Å². The summed E-state index contributed by atoms with van der Waals surface area (Å²) in [5.41, 5.74) is 4.39. The number of hydrogen-bond donors (Lipinski definition) is 1. The molecule has 1 N–H and O–H groups in total. The van der Waals surface area contributed by atoms with E-state index in [0.717, 1.165) is 22.3 Å². The van der Waals surface area contributed by atoms with Crippen molar-refractivity contribution < 1.29 is 14.0 Å². The van der Waals surface area contributed by atoms with Gasteiger partial charge in [0.25, 0.3) is 11.8 Å². The minimum atomic E-state index is -0.156. The van der Waals surface area contributed by atoms with Crippen LogP contribution >= 0.6 is 35.6 Å². The average molecular weight is 539 g/mol. The van der Waals surface area contributed by atoms with Gasteiger partial charge in [0.05, 0.1) is 11.4 Å². The average Bonchev–Trinajstić information content (AvgIpc) is 3.41. The lowest BCUT2D eigenvalue weighted by Crippen LogP contribution is -2.27. The molecule has 3 aromatic rings. The van der Waals surface area contributed by atoms with Gasteiger partial charge >= 0.3 is 0 Å². The molecule has 8 heteroatoms. The standard InChI is InChI=1S/C28H27ClN2O3S2/c1-16(2)14-30-26(32)20-7-5-19(6-8-20)24-10-9-22(34-24)13-25-27(33)31(28(35)36-25)15-21-11-17(3)12-23(29)18(21)4/h5-13,16H,14-15H2,1-4H3,(H,30,32)/b25-13+. The Morgan fingerprint density at radius 1 is 1.17 bits per heavy atom. The maximum absolute atomic E-state index is 13.1. The summed E-state index contributed by atoms with van der Waals surface area (Å²) in [5, 5.41) is 3.59. The Kier molecular flexibility index (Phi) is 8.03. The second-order valence-corrected chi connectivity index (χ2v) is 11.3. The largest absolute Gasteiger partial charge is 0.457 e. The zero-order valence-corrected chi connectivity index (χ0v) is 22.9. The third-order valence-electron chi connectivity index (χ3n) is 5.80. The van der Waals surface area contributed by atoms with Gasteiger partial charge in [0.15, 0.2) is 0 Å². The molecule has 0 bridgehead atoms. The first-order chi connectivity index (χ1) is 17.1. The van der Waals surface area contributed by atoms with E-state index in [1.165, 1.54) is 11.8 Å². The van der Waals surface area contributed by atoms with Crippen LogP contribution in [0.1, 0.15) is 46.7 Å². The molecule has 36 heavy (non-hydrogen) atoms. The number of nitrogens with zero attached hydrogens (tertiary/aromatic N) is 1. The number of carbonyl (C=O) groups excluding carboxylic acids is 2. The molecule has 1 saturated heterocycles. The van der Waals surface area contributed by atoms with Crippen LogP contribution in [0.4, 0.5) is 0 Å². The normalized spacial score (nSPS) is 14.8. The molecule has 186 valence electrons. The molecular weight excluding hydrogens is 512 g/mol. The van der Waals surface area contributed by atoms with Crippen LogP contribution in [-0.4, -0.2) is 27.6 Å². The maximum Gasteiger partial charge on any atom is 0.266 e. The van der Waals surface area contributed by atoms with E-state index in [9.17, 15) is 9.59 Å². The molecule has 1 aromatic heterocycles. The van der Waals surface area contributed by atoms with Gasteiger partial charge in [-0.3, -0.25) is 14.5 Å². The molecule has 0 saturated carbocycles. The van der Waals surface area contributed by atoms with Gasteiger partial charge in [-0.15, -0.1) is 0 Å². The van der Waals surface area contributed by atoms with E-state index in [1.807, 2.05) is 50.2 Å². The van der Waals surface area contributed by atoms with Gasteiger partial charge in [-0.2, -0.15) is 0 Å². The minimum Gasteiger partial charge on any atom is -0.457 e. The van der Waals surface area contributed by atoms with Crippen molar-refractivity contribution in [2.24, 2.45) is 5.92 Å². The van der Waals surface area contributed by atoms with Crippen molar-refractivity contribution >= 4 is 57.8 Å². The van der Waals surface area contributed by atoms with Crippen LogP contribution in [-0.2, 0) is 11.3 Å². The summed E-state index contributed by atoms with van der Waals surface area (Å²) in [5.74, 6) is 1.34. The van der Waals surface area contributed by atoms with E-state index in [1.54, 1.807) is 23.1 Å². The molecule has 2 aromatic carbocycles. The predicted molar refractivity (Wildman–Crippen MR) is 151 cm³/mol. The first-order valence-electron chi connectivity index (χ1n) is 11.6. The second kappa shape index (κ2) is 11.0. The summed E-state index contributed by atoms with van der Waals surface area (Å²) in [7, 11) is 0. The summed E-state index contributed by atoms with van der Waals surface area (Å²) >= 11 is 13.1. The fourth-order valence-corrected chi connectivity index (χ4v) is 5.29. The van der Waals surface area contributed by atoms with E-state index in [-0.39, 0.29) is 11.8 Å². The number of benzene rings is 2. The highest BCUT2D eigenvalue weighted by Crippen LogP contribution is 2.35. The van der Waals surface area contributed by atoms with E-state index in [4.69, 9.17) is 28.2 Å². The number of nitrogens with one attached hydrogen (secondary N) is 1. The number of thioether (sulfide) groups is 1. The van der Waals surface area contributed by atoms with Crippen LogP contribution in [0.5, 0.6) is 0 Å². The minimum absolute atomic E-state index is 0.0967. The van der Waals surface area contributed by atoms with Gasteiger partial charge in [-0.25, -0.2) is 0 Å². The molecule has 0 aliphatic carbocycles. The molecule has 0 spiro atoms. The van der Waals surface area contributed by atoms with Crippen LogP contribution < -0.4 is 5.32 Å². The zero-order chi connectivity index (χ0) is 26.0. The topological polar surface area (TPSA) is 62.6 Å². The monoisotopic (exact) mass is 538 g/mol. The Morgan fingerprint density at radius 2 is 1.89 bits per heavy atom. The van der Waals surface area contributed by atoms with E-state index in [0.29, 0.717) is 50.3 Å². The van der Waals surface area contributed by atoms with Gasteiger partial charge in [0, 0.05) is 28.8 Å². The number of amides is 2. The van der Waals surface area contributed by atoms with Crippen molar-refractivity contribution in [3.8, 4) is 11.3 Å². The molecule has 2 amide bonds. The molecule has 4 rings (SSSR count). The van der Waals surface area contributed by atoms with Gasteiger partial charge in [0.1, 0.15) is 15.8 Å². The Bertz CT molecular complexity index is 1360. The number of aryl methyl sites for hydroxylation is 1. The molecule has 1 aliphatic heterocycles. The van der Waals surface area contributed by atoms with Crippen LogP contribution in [0, 0.1) is 19.8 Å². The molecule has 1 fully saturated rings. The molecule has 0 unspecified atom stereocenters. The lowest BCUT2D eigenvalue weighted by molar-refractivity contribution is -0.122. The smallest absolute Gasteiger partial charge is 0.266 e. The van der Waals surface area contributed by atoms with Gasteiger partial charge in [-0.05, 0) is 66.8 Å². The number of rotatable bonds is 7. The van der Waals surface area contributed by atoms with Crippen LogP contribution in [0.2, 0.25) is 5.02 Å². The summed E-state index contributed by atoms with van der Waals surface area (Å²) in [6.45, 7) is 9.03. The maximum atomic E-state index is 13.1. The number of thiocarbonyl (C=S) groups is 1. The second-order valence-electron chi connectivity index (χ2n) is 9.18. The van der Waals surface area contributed by atoms with E-state index in [2.05, 4.69) is 19.2 Å². The number of furan rings is 1. The zero-order valence-electron chi connectivity index (χ0n) is 20.6. The number of halogens is 1. The lowest BCUT2D eigenvalue weighted by atomic mass is 10.1. The first-order valence-corrected chi connectivity index (χ1v) is 13.2. The van der Waals surface area contributed by atoms with Crippen molar-refractivity contribution in [1.29, 1.82) is 0 Å². The molecule has 1 aliphatic rings. The number of carbonyl (C=O) groups is 2. The Balaban J connectivity index is 1.47. The highest BCUT2D eigenvalue weighted by molar-refractivity contribution is 8.26. The molecule has 0 radical (unpaired) electrons. The van der Waals surface area contributed by atoms with Crippen LogP contribution in [0.15, 0.2) is 57.9 Å². The molecule has 2 heterocycles. The van der Waals surface area contributed by atoms with E-state index < -0.39 is 0 Å². The Morgan fingerprint density at radius 3 is 2.58 bits per heavy atom. The van der Waals surface area contributed by atoms with Crippen molar-refractivity contribution in [3.63, 3.8) is 0 Å². The quantitative estimate of drug-likeness (QED) is 0.259. The molecule has 5 nitrogen and oxygen atoms in total. The number of hydrogen-bond acceptors (Lipinski definition) is 5. The molecular formula is C28H27ClN2O3S2. The summed E-state index contributed by atoms with van der Waals surface area (Å²) in [6, 6.07) is 14.9. The highest BCUT2D eigenvalue weighted by atomic mass is 35.5. The van der Waals surface area contributed by atoms with Crippen LogP contribution in [0.3, 0.4) is 0 Å². The Hall–Kier alpha value is -2.87. The van der Waals surface area contributed by atoms with Crippen molar-refractivity contribution in [2.75, 3.05) is 6.54 Å². The SMILES string of the molecule is Cc1cc(Cl)c(C)c(CN2C(=O)/C(=C\c3ccc(-c4ccc(C(=O)NCC(C)C)cc4)o3)SC2=S)c1. The third kappa shape index (κ3) is 5.91. The first kappa shape index (κ1) is 26.2. The lowest BCUT2D eigenvalue weighted by Gasteiger charge is -2.17. The fourth-order valence-electron chi connectivity index (χ4n) is 3.76. The van der Waals surface area contributed by atoms with Crippen LogP contribution in [0.25, 0.3) is 17.4 Å². The fraction of sp³-hybridized carbons (Fsp3) is 0.250. The third-order valence-corrected chi connectivity index (χ3v) is 7.57. The van der Waals surface area contributed by atoms with Crippen molar-refractivity contribution in [1.82, 2.24) is 10.2 Å². The Labute approximate surface area is 225 Å². The van der Waals surface area contributed by atoms with Gasteiger partial charge in [-0.1, -0.05) is 67.6 Å². The predicted octanol–water partition coefficient (Wildman–Crippen LogP) is 7.00. The van der Waals surface area contributed by atoms with Gasteiger partial charge in [0.2, 0.25) is 0 Å². The summed E-state index contributed by atoms with van der Waals surface area (Å²) < 4.78 is 6.48.